The van der Waals surface area contributed by atoms with E-state index in [9.17, 15) is 4.79 Å². The van der Waals surface area contributed by atoms with Crippen molar-refractivity contribution in [3.05, 3.63) is 59.7 Å². The first-order chi connectivity index (χ1) is 11.5. The van der Waals surface area contributed by atoms with Crippen LogP contribution in [-0.2, 0) is 11.3 Å². The molecule has 0 heterocycles. The standard InChI is InChI=1S/C19H23NO3S/c1-15-7-9-17(10-8-15)24-12-11-20(2)13-16-5-3-4-6-18(16)23-14-19(21)22/h3-10H,11-14H2,1-2H3,(H,21,22). The van der Waals surface area contributed by atoms with Crippen LogP contribution in [0.25, 0.3) is 0 Å². The molecule has 0 spiro atoms. The number of nitrogens with zero attached hydrogens (tertiary/aromatic N) is 1. The molecule has 2 aromatic carbocycles. The van der Waals surface area contributed by atoms with Crippen molar-refractivity contribution >= 4 is 17.7 Å². The number of thioether (sulfide) groups is 1. The van der Waals surface area contributed by atoms with Crippen LogP contribution in [0.15, 0.2) is 53.4 Å². The summed E-state index contributed by atoms with van der Waals surface area (Å²) in [7, 11) is 2.06. The summed E-state index contributed by atoms with van der Waals surface area (Å²) in [5.74, 6) is 0.670. The summed E-state index contributed by atoms with van der Waals surface area (Å²) >= 11 is 1.84. The molecule has 0 amide bonds. The van der Waals surface area contributed by atoms with Gasteiger partial charge in [-0.05, 0) is 32.2 Å². The first kappa shape index (κ1) is 18.4. The van der Waals surface area contributed by atoms with Crippen molar-refractivity contribution in [2.24, 2.45) is 0 Å². The maximum atomic E-state index is 10.7. The third kappa shape index (κ3) is 6.26. The zero-order chi connectivity index (χ0) is 17.4. The van der Waals surface area contributed by atoms with Crippen LogP contribution >= 0.6 is 11.8 Å². The second kappa shape index (κ2) is 9.35. The van der Waals surface area contributed by atoms with Crippen molar-refractivity contribution in [2.45, 2.75) is 18.4 Å². The van der Waals surface area contributed by atoms with Gasteiger partial charge in [0.05, 0.1) is 0 Å². The summed E-state index contributed by atoms with van der Waals surface area (Å²) in [5, 5.41) is 8.75. The SMILES string of the molecule is Cc1ccc(SCCN(C)Cc2ccccc2OCC(=O)O)cc1. The van der Waals surface area contributed by atoms with Gasteiger partial charge in [-0.2, -0.15) is 0 Å². The van der Waals surface area contributed by atoms with Gasteiger partial charge >= 0.3 is 5.97 Å². The van der Waals surface area contributed by atoms with Crippen LogP contribution in [0.4, 0.5) is 0 Å². The Balaban J connectivity index is 1.82. The predicted octanol–water partition coefficient (Wildman–Crippen LogP) is 3.68. The van der Waals surface area contributed by atoms with Crippen LogP contribution < -0.4 is 4.74 Å². The van der Waals surface area contributed by atoms with Gasteiger partial charge in [-0.25, -0.2) is 4.79 Å². The van der Waals surface area contributed by atoms with Gasteiger partial charge < -0.3 is 14.7 Å². The normalized spacial score (nSPS) is 10.8. The molecule has 0 radical (unpaired) electrons. The van der Waals surface area contributed by atoms with Crippen molar-refractivity contribution in [3.63, 3.8) is 0 Å². The predicted molar refractivity (Wildman–Crippen MR) is 97.8 cm³/mol. The molecule has 4 nitrogen and oxygen atoms in total. The van der Waals surface area contributed by atoms with E-state index in [0.29, 0.717) is 5.75 Å². The Morgan fingerprint density at radius 1 is 1.17 bits per heavy atom. The molecule has 2 rings (SSSR count). The molecule has 24 heavy (non-hydrogen) atoms. The van der Waals surface area contributed by atoms with Crippen molar-refractivity contribution in [2.75, 3.05) is 26.0 Å². The summed E-state index contributed by atoms with van der Waals surface area (Å²) in [6.07, 6.45) is 0. The van der Waals surface area contributed by atoms with Crippen LogP contribution in [0.1, 0.15) is 11.1 Å². The van der Waals surface area contributed by atoms with Crippen molar-refractivity contribution in [3.8, 4) is 5.75 Å². The summed E-state index contributed by atoms with van der Waals surface area (Å²) in [4.78, 5) is 14.2. The third-order valence-corrected chi connectivity index (χ3v) is 4.52. The molecule has 0 fully saturated rings. The minimum Gasteiger partial charge on any atom is -0.482 e. The van der Waals surface area contributed by atoms with Gasteiger partial charge in [-0.3, -0.25) is 0 Å². The second-order valence-corrected chi connectivity index (χ2v) is 6.86. The van der Waals surface area contributed by atoms with Crippen molar-refractivity contribution < 1.29 is 14.6 Å². The van der Waals surface area contributed by atoms with Crippen LogP contribution in [0, 0.1) is 6.92 Å². The number of benzene rings is 2. The van der Waals surface area contributed by atoms with E-state index < -0.39 is 5.97 Å². The molecule has 0 saturated carbocycles. The number of aliphatic carboxylic acids is 1. The number of para-hydroxylation sites is 1. The maximum Gasteiger partial charge on any atom is 0.341 e. The molecule has 5 heteroatoms. The Labute approximate surface area is 147 Å². The first-order valence-corrected chi connectivity index (χ1v) is 8.83. The number of rotatable bonds is 9. The van der Waals surface area contributed by atoms with E-state index in [4.69, 9.17) is 9.84 Å². The fraction of sp³-hybridized carbons (Fsp3) is 0.316. The van der Waals surface area contributed by atoms with Gasteiger partial charge in [0, 0.05) is 29.3 Å². The number of hydrogen-bond donors (Lipinski definition) is 1. The Morgan fingerprint density at radius 3 is 2.58 bits per heavy atom. The zero-order valence-corrected chi connectivity index (χ0v) is 14.9. The van der Waals surface area contributed by atoms with E-state index in [0.717, 1.165) is 24.4 Å². The molecule has 2 aromatic rings. The molecule has 1 N–H and O–H groups in total. The molecule has 0 aromatic heterocycles. The summed E-state index contributed by atoms with van der Waals surface area (Å²) < 4.78 is 5.35. The quantitative estimate of drug-likeness (QED) is 0.703. The van der Waals surface area contributed by atoms with E-state index in [-0.39, 0.29) is 6.61 Å². The number of carbonyl (C=O) groups is 1. The number of hydrogen-bond acceptors (Lipinski definition) is 4. The second-order valence-electron chi connectivity index (χ2n) is 5.69. The number of carboxylic acids is 1. The molecular weight excluding hydrogens is 322 g/mol. The van der Waals surface area contributed by atoms with Gasteiger partial charge in [0.2, 0.25) is 0 Å². The van der Waals surface area contributed by atoms with Gasteiger partial charge in [0.25, 0.3) is 0 Å². The smallest absolute Gasteiger partial charge is 0.341 e. The lowest BCUT2D eigenvalue weighted by Crippen LogP contribution is -2.21. The van der Waals surface area contributed by atoms with E-state index in [1.54, 1.807) is 0 Å². The lowest BCUT2D eigenvalue weighted by Gasteiger charge is -2.18. The number of carboxylic acid groups (broad SMARTS) is 1. The van der Waals surface area contributed by atoms with Gasteiger partial charge in [-0.15, -0.1) is 11.8 Å². The first-order valence-electron chi connectivity index (χ1n) is 7.85. The molecular formula is C19H23NO3S. The molecule has 0 saturated heterocycles. The minimum absolute atomic E-state index is 0.315. The van der Waals surface area contributed by atoms with Crippen LogP contribution in [0.5, 0.6) is 5.75 Å². The largest absolute Gasteiger partial charge is 0.482 e. The van der Waals surface area contributed by atoms with Crippen molar-refractivity contribution in [1.82, 2.24) is 4.90 Å². The topological polar surface area (TPSA) is 49.8 Å². The number of aryl methyl sites for hydroxylation is 1. The monoisotopic (exact) mass is 345 g/mol. The highest BCUT2D eigenvalue weighted by Crippen LogP contribution is 2.21. The van der Waals surface area contributed by atoms with Crippen LogP contribution in [0.3, 0.4) is 0 Å². The maximum absolute atomic E-state index is 10.7. The van der Waals surface area contributed by atoms with E-state index in [2.05, 4.69) is 43.1 Å². The Kier molecular flexibility index (Phi) is 7.15. The molecule has 0 bridgehead atoms. The van der Waals surface area contributed by atoms with E-state index in [1.165, 1.54) is 10.5 Å². The Morgan fingerprint density at radius 2 is 1.88 bits per heavy atom. The highest BCUT2D eigenvalue weighted by molar-refractivity contribution is 7.99. The lowest BCUT2D eigenvalue weighted by atomic mass is 10.2. The van der Waals surface area contributed by atoms with Crippen LogP contribution in [0.2, 0.25) is 0 Å². The fourth-order valence-electron chi connectivity index (χ4n) is 2.24. The van der Waals surface area contributed by atoms with Gasteiger partial charge in [0.1, 0.15) is 5.75 Å². The molecule has 0 aliphatic heterocycles. The summed E-state index contributed by atoms with van der Waals surface area (Å²) in [5.41, 5.74) is 2.27. The summed E-state index contributed by atoms with van der Waals surface area (Å²) in [6, 6.07) is 16.1. The highest BCUT2D eigenvalue weighted by Gasteiger charge is 2.08. The van der Waals surface area contributed by atoms with Gasteiger partial charge in [-0.1, -0.05) is 35.9 Å². The minimum atomic E-state index is -0.965. The third-order valence-electron chi connectivity index (χ3n) is 3.53. The van der Waals surface area contributed by atoms with E-state index >= 15 is 0 Å². The molecule has 0 aliphatic rings. The zero-order valence-electron chi connectivity index (χ0n) is 14.1. The molecule has 128 valence electrons. The molecule has 0 unspecified atom stereocenters. The Hall–Kier alpha value is -1.98. The van der Waals surface area contributed by atoms with E-state index in [1.807, 2.05) is 36.0 Å². The number of ether oxygens (including phenoxy) is 1. The van der Waals surface area contributed by atoms with Crippen molar-refractivity contribution in [1.29, 1.82) is 0 Å². The van der Waals surface area contributed by atoms with Crippen LogP contribution in [-0.4, -0.2) is 41.9 Å². The lowest BCUT2D eigenvalue weighted by molar-refractivity contribution is -0.139. The average Bonchev–Trinajstić information content (AvgIpc) is 2.56. The molecule has 0 atom stereocenters. The van der Waals surface area contributed by atoms with Gasteiger partial charge in [0.15, 0.2) is 6.61 Å². The average molecular weight is 345 g/mol. The summed E-state index contributed by atoms with van der Waals surface area (Å²) in [6.45, 7) is 3.44. The highest BCUT2D eigenvalue weighted by atomic mass is 32.2. The Bertz CT molecular complexity index is 658. The molecule has 0 aliphatic carbocycles. The fourth-order valence-corrected chi connectivity index (χ4v) is 3.21.